The van der Waals surface area contributed by atoms with Crippen molar-refractivity contribution in [3.63, 3.8) is 0 Å². The monoisotopic (exact) mass is 477 g/mol. The highest BCUT2D eigenvalue weighted by atomic mass is 32.2. The van der Waals surface area contributed by atoms with Gasteiger partial charge < -0.3 is 20.4 Å². The minimum absolute atomic E-state index is 0.180. The molecular weight excluding hydrogens is 450 g/mol. The van der Waals surface area contributed by atoms with Gasteiger partial charge in [0.25, 0.3) is 0 Å². The number of nitrogens with one attached hydrogen (secondary N) is 2. The summed E-state index contributed by atoms with van der Waals surface area (Å²) < 4.78 is 23.7. The summed E-state index contributed by atoms with van der Waals surface area (Å²) in [5.74, 6) is 0.615. The Labute approximate surface area is 200 Å². The molecule has 4 rings (SSSR count). The van der Waals surface area contributed by atoms with E-state index in [4.69, 9.17) is 0 Å². The van der Waals surface area contributed by atoms with Crippen molar-refractivity contribution in [2.24, 2.45) is 0 Å². The lowest BCUT2D eigenvalue weighted by atomic mass is 10.1. The number of benzene rings is 2. The standard InChI is InChI=1S/C24H27N7O2S/c1-17-13-20(7-8-22(17)31-11-9-30(2)10-12-31)28-24-26-16-18(15-25)23(29-24)27-19-5-4-6-21(14-19)34(3,32)33/h4-8,13-14,16H,9-12H2,1-3H3,(H2,26,27,28,29). The highest BCUT2D eigenvalue weighted by Gasteiger charge is 2.16. The van der Waals surface area contributed by atoms with Crippen molar-refractivity contribution in [1.29, 1.82) is 5.26 Å². The number of rotatable bonds is 6. The van der Waals surface area contributed by atoms with E-state index in [-0.39, 0.29) is 16.3 Å². The lowest BCUT2D eigenvalue weighted by Gasteiger charge is -2.35. The van der Waals surface area contributed by atoms with Gasteiger partial charge in [0.1, 0.15) is 11.6 Å². The predicted octanol–water partition coefficient (Wildman–Crippen LogP) is 3.30. The van der Waals surface area contributed by atoms with Gasteiger partial charge >= 0.3 is 0 Å². The zero-order valence-corrected chi connectivity index (χ0v) is 20.2. The number of sulfone groups is 1. The molecule has 2 aromatic carbocycles. The first-order valence-corrected chi connectivity index (χ1v) is 12.8. The van der Waals surface area contributed by atoms with Gasteiger partial charge in [0.05, 0.1) is 11.1 Å². The second-order valence-corrected chi connectivity index (χ2v) is 10.4. The number of nitrogens with zero attached hydrogens (tertiary/aromatic N) is 5. The number of likely N-dealkylation sites (N-methyl/N-ethyl adjacent to an activating group) is 1. The van der Waals surface area contributed by atoms with E-state index in [0.29, 0.717) is 11.6 Å². The third-order valence-corrected chi connectivity index (χ3v) is 6.84. The van der Waals surface area contributed by atoms with Gasteiger partial charge in [-0.3, -0.25) is 0 Å². The van der Waals surface area contributed by atoms with Crippen LogP contribution in [0.5, 0.6) is 0 Å². The van der Waals surface area contributed by atoms with E-state index in [1.165, 1.54) is 24.0 Å². The molecule has 0 unspecified atom stereocenters. The number of anilines is 5. The topological polar surface area (TPSA) is 114 Å². The highest BCUT2D eigenvalue weighted by Crippen LogP contribution is 2.27. The van der Waals surface area contributed by atoms with Crippen LogP contribution >= 0.6 is 0 Å². The molecule has 0 spiro atoms. The SMILES string of the molecule is Cc1cc(Nc2ncc(C#N)c(Nc3cccc(S(C)(=O)=O)c3)n2)ccc1N1CCN(C)CC1. The van der Waals surface area contributed by atoms with Gasteiger partial charge in [-0.15, -0.1) is 0 Å². The Morgan fingerprint density at radius 2 is 1.76 bits per heavy atom. The molecule has 0 radical (unpaired) electrons. The van der Waals surface area contributed by atoms with Crippen molar-refractivity contribution in [3.8, 4) is 6.07 Å². The average molecular weight is 478 g/mol. The zero-order valence-electron chi connectivity index (χ0n) is 19.4. The summed E-state index contributed by atoms with van der Waals surface area (Å²) in [6, 6.07) is 14.6. The maximum Gasteiger partial charge on any atom is 0.229 e. The van der Waals surface area contributed by atoms with Crippen molar-refractivity contribution < 1.29 is 8.42 Å². The lowest BCUT2D eigenvalue weighted by molar-refractivity contribution is 0.312. The normalized spacial score (nSPS) is 14.5. The zero-order chi connectivity index (χ0) is 24.3. The van der Waals surface area contributed by atoms with Crippen molar-refractivity contribution in [2.45, 2.75) is 11.8 Å². The Morgan fingerprint density at radius 1 is 1.03 bits per heavy atom. The van der Waals surface area contributed by atoms with Crippen molar-refractivity contribution in [1.82, 2.24) is 14.9 Å². The first kappa shape index (κ1) is 23.5. The van der Waals surface area contributed by atoms with Crippen LogP contribution in [0.25, 0.3) is 0 Å². The molecule has 1 aliphatic rings. The van der Waals surface area contributed by atoms with E-state index >= 15 is 0 Å². The summed E-state index contributed by atoms with van der Waals surface area (Å²) >= 11 is 0. The van der Waals surface area contributed by atoms with Crippen LogP contribution in [0.1, 0.15) is 11.1 Å². The molecule has 176 valence electrons. The molecule has 2 N–H and O–H groups in total. The number of nitriles is 1. The highest BCUT2D eigenvalue weighted by molar-refractivity contribution is 7.90. The maximum atomic E-state index is 11.9. The summed E-state index contributed by atoms with van der Waals surface area (Å²) in [4.78, 5) is 13.6. The summed E-state index contributed by atoms with van der Waals surface area (Å²) in [7, 11) is -1.22. The number of hydrogen-bond acceptors (Lipinski definition) is 9. The fraction of sp³-hybridized carbons (Fsp3) is 0.292. The molecular formula is C24H27N7O2S. The van der Waals surface area contributed by atoms with Gasteiger partial charge in [0, 0.05) is 49.5 Å². The minimum Gasteiger partial charge on any atom is -0.369 e. The van der Waals surface area contributed by atoms with E-state index in [2.05, 4.69) is 62.6 Å². The van der Waals surface area contributed by atoms with Crippen molar-refractivity contribution in [3.05, 3.63) is 59.8 Å². The molecule has 1 fully saturated rings. The average Bonchev–Trinajstić information content (AvgIpc) is 2.80. The predicted molar refractivity (Wildman–Crippen MR) is 134 cm³/mol. The molecule has 2 heterocycles. The molecule has 1 aliphatic heterocycles. The first-order valence-electron chi connectivity index (χ1n) is 10.9. The second-order valence-electron chi connectivity index (χ2n) is 8.41. The van der Waals surface area contributed by atoms with Crippen LogP contribution in [-0.4, -0.2) is 62.8 Å². The Hall–Kier alpha value is -3.68. The third-order valence-electron chi connectivity index (χ3n) is 5.73. The summed E-state index contributed by atoms with van der Waals surface area (Å²) in [5, 5.41) is 15.7. The Bertz CT molecular complexity index is 1340. The van der Waals surface area contributed by atoms with Gasteiger partial charge in [-0.1, -0.05) is 6.07 Å². The minimum atomic E-state index is -3.36. The quantitative estimate of drug-likeness (QED) is 0.552. The van der Waals surface area contributed by atoms with Crippen LogP contribution < -0.4 is 15.5 Å². The molecule has 0 amide bonds. The van der Waals surface area contributed by atoms with E-state index in [1.807, 2.05) is 6.07 Å². The lowest BCUT2D eigenvalue weighted by Crippen LogP contribution is -2.44. The summed E-state index contributed by atoms with van der Waals surface area (Å²) in [6.07, 6.45) is 2.58. The molecule has 9 nitrogen and oxygen atoms in total. The number of piperazine rings is 1. The van der Waals surface area contributed by atoms with Gasteiger partial charge in [0.2, 0.25) is 5.95 Å². The Morgan fingerprint density at radius 3 is 2.44 bits per heavy atom. The fourth-order valence-corrected chi connectivity index (χ4v) is 4.49. The van der Waals surface area contributed by atoms with E-state index in [1.54, 1.807) is 12.1 Å². The van der Waals surface area contributed by atoms with Gasteiger partial charge in [-0.05, 0) is 55.9 Å². The van der Waals surface area contributed by atoms with Crippen LogP contribution in [0.4, 0.5) is 28.8 Å². The molecule has 3 aromatic rings. The van der Waals surface area contributed by atoms with Crippen LogP contribution in [0.2, 0.25) is 0 Å². The van der Waals surface area contributed by atoms with Gasteiger partial charge in [-0.25, -0.2) is 13.4 Å². The van der Waals surface area contributed by atoms with Crippen LogP contribution in [0.15, 0.2) is 53.6 Å². The Balaban J connectivity index is 1.54. The van der Waals surface area contributed by atoms with Crippen molar-refractivity contribution >= 4 is 38.7 Å². The number of aryl methyl sites for hydroxylation is 1. The molecule has 1 aromatic heterocycles. The third kappa shape index (κ3) is 5.44. The van der Waals surface area contributed by atoms with Crippen molar-refractivity contribution in [2.75, 3.05) is 55.0 Å². The smallest absolute Gasteiger partial charge is 0.229 e. The first-order chi connectivity index (χ1) is 16.2. The van der Waals surface area contributed by atoms with E-state index in [0.717, 1.165) is 43.7 Å². The molecule has 0 aliphatic carbocycles. The number of aromatic nitrogens is 2. The number of hydrogen-bond donors (Lipinski definition) is 2. The molecule has 0 saturated carbocycles. The second kappa shape index (κ2) is 9.67. The molecule has 1 saturated heterocycles. The van der Waals surface area contributed by atoms with E-state index < -0.39 is 9.84 Å². The van der Waals surface area contributed by atoms with Gasteiger partial charge in [0.15, 0.2) is 15.7 Å². The summed E-state index contributed by atoms with van der Waals surface area (Å²) in [5.41, 5.74) is 3.96. The van der Waals surface area contributed by atoms with Crippen LogP contribution in [0.3, 0.4) is 0 Å². The Kier molecular flexibility index (Phi) is 6.68. The molecule has 10 heteroatoms. The molecule has 0 atom stereocenters. The molecule has 34 heavy (non-hydrogen) atoms. The van der Waals surface area contributed by atoms with Crippen LogP contribution in [-0.2, 0) is 9.84 Å². The largest absolute Gasteiger partial charge is 0.369 e. The van der Waals surface area contributed by atoms with Gasteiger partial charge in [-0.2, -0.15) is 10.2 Å². The molecule has 0 bridgehead atoms. The van der Waals surface area contributed by atoms with E-state index in [9.17, 15) is 13.7 Å². The maximum absolute atomic E-state index is 11.9. The summed E-state index contributed by atoms with van der Waals surface area (Å²) in [6.45, 7) is 6.17. The van der Waals surface area contributed by atoms with Crippen LogP contribution in [0, 0.1) is 18.3 Å². The fourth-order valence-electron chi connectivity index (χ4n) is 3.82.